The average Bonchev–Trinajstić information content (AvgIpc) is 2.41. The Morgan fingerprint density at radius 1 is 1.16 bits per heavy atom. The lowest BCUT2D eigenvalue weighted by Gasteiger charge is -2.29. The summed E-state index contributed by atoms with van der Waals surface area (Å²) in [6.07, 6.45) is 4.04. The van der Waals surface area contributed by atoms with Crippen LogP contribution in [0.3, 0.4) is 0 Å². The van der Waals surface area contributed by atoms with Crippen molar-refractivity contribution in [2.75, 3.05) is 0 Å². The third-order valence-electron chi connectivity index (χ3n) is 3.55. The SMILES string of the molecule is NC(=O)c1cccc(C(=O)N[C@@H]2CCCC[C@H]2N)c1. The van der Waals surface area contributed by atoms with Crippen molar-refractivity contribution in [1.29, 1.82) is 0 Å². The molecule has 5 nitrogen and oxygen atoms in total. The molecule has 0 radical (unpaired) electrons. The van der Waals surface area contributed by atoms with Crippen LogP contribution in [0.15, 0.2) is 24.3 Å². The number of rotatable bonds is 3. The van der Waals surface area contributed by atoms with Crippen LogP contribution in [0.2, 0.25) is 0 Å². The van der Waals surface area contributed by atoms with E-state index < -0.39 is 5.91 Å². The predicted octanol–water partition coefficient (Wildman–Crippen LogP) is 0.785. The normalized spacial score (nSPS) is 22.8. The van der Waals surface area contributed by atoms with Gasteiger partial charge in [0.15, 0.2) is 0 Å². The first-order chi connectivity index (χ1) is 9.08. The van der Waals surface area contributed by atoms with Crippen molar-refractivity contribution < 1.29 is 9.59 Å². The van der Waals surface area contributed by atoms with Gasteiger partial charge in [0.25, 0.3) is 5.91 Å². The van der Waals surface area contributed by atoms with Crippen LogP contribution in [0.1, 0.15) is 46.4 Å². The maximum atomic E-state index is 12.1. The minimum Gasteiger partial charge on any atom is -0.366 e. The predicted molar refractivity (Wildman–Crippen MR) is 72.7 cm³/mol. The van der Waals surface area contributed by atoms with Crippen molar-refractivity contribution in [3.05, 3.63) is 35.4 Å². The Labute approximate surface area is 112 Å². The summed E-state index contributed by atoms with van der Waals surface area (Å²) < 4.78 is 0. The summed E-state index contributed by atoms with van der Waals surface area (Å²) in [5.74, 6) is -0.741. The van der Waals surface area contributed by atoms with Crippen LogP contribution in [0.5, 0.6) is 0 Å². The van der Waals surface area contributed by atoms with Crippen molar-refractivity contribution in [2.45, 2.75) is 37.8 Å². The average molecular weight is 261 g/mol. The molecule has 1 aliphatic rings. The number of hydrogen-bond donors (Lipinski definition) is 3. The highest BCUT2D eigenvalue weighted by molar-refractivity contribution is 5.99. The van der Waals surface area contributed by atoms with Gasteiger partial charge in [-0.1, -0.05) is 18.9 Å². The summed E-state index contributed by atoms with van der Waals surface area (Å²) in [7, 11) is 0. The monoisotopic (exact) mass is 261 g/mol. The largest absolute Gasteiger partial charge is 0.366 e. The fourth-order valence-corrected chi connectivity index (χ4v) is 2.40. The third-order valence-corrected chi connectivity index (χ3v) is 3.55. The lowest BCUT2D eigenvalue weighted by molar-refractivity contribution is 0.0921. The van der Waals surface area contributed by atoms with Gasteiger partial charge in [-0.15, -0.1) is 0 Å². The molecule has 2 rings (SSSR count). The molecule has 2 amide bonds. The quantitative estimate of drug-likeness (QED) is 0.750. The van der Waals surface area contributed by atoms with Gasteiger partial charge in [0, 0.05) is 23.2 Å². The van der Waals surface area contributed by atoms with Gasteiger partial charge in [-0.25, -0.2) is 0 Å². The second-order valence-electron chi connectivity index (χ2n) is 4.97. The highest BCUT2D eigenvalue weighted by atomic mass is 16.2. The standard InChI is InChI=1S/C14H19N3O2/c15-11-6-1-2-7-12(11)17-14(19)10-5-3-4-9(8-10)13(16)18/h3-5,8,11-12H,1-2,6-7,15H2,(H2,16,18)(H,17,19)/t11-,12-/m1/s1. The summed E-state index contributed by atoms with van der Waals surface area (Å²) in [5.41, 5.74) is 12.0. The molecule has 0 bridgehead atoms. The Morgan fingerprint density at radius 3 is 2.53 bits per heavy atom. The zero-order valence-corrected chi connectivity index (χ0v) is 10.8. The van der Waals surface area contributed by atoms with E-state index in [0.29, 0.717) is 11.1 Å². The molecule has 1 fully saturated rings. The molecule has 1 aromatic carbocycles. The van der Waals surface area contributed by atoms with Gasteiger partial charge < -0.3 is 16.8 Å². The summed E-state index contributed by atoms with van der Waals surface area (Å²) in [5, 5.41) is 2.94. The number of nitrogens with two attached hydrogens (primary N) is 2. The van der Waals surface area contributed by atoms with Crippen LogP contribution >= 0.6 is 0 Å². The number of amides is 2. The summed E-state index contributed by atoms with van der Waals surface area (Å²) in [6, 6.07) is 6.43. The van der Waals surface area contributed by atoms with E-state index in [9.17, 15) is 9.59 Å². The molecule has 19 heavy (non-hydrogen) atoms. The molecule has 0 spiro atoms. The number of benzene rings is 1. The Balaban J connectivity index is 2.07. The fraction of sp³-hybridized carbons (Fsp3) is 0.429. The Kier molecular flexibility index (Phi) is 4.16. The van der Waals surface area contributed by atoms with Gasteiger partial charge in [-0.2, -0.15) is 0 Å². The first-order valence-electron chi connectivity index (χ1n) is 6.54. The third kappa shape index (κ3) is 3.32. The molecular formula is C14H19N3O2. The van der Waals surface area contributed by atoms with Crippen molar-refractivity contribution >= 4 is 11.8 Å². The van der Waals surface area contributed by atoms with E-state index in [0.717, 1.165) is 25.7 Å². The molecule has 1 aromatic rings. The molecule has 5 heteroatoms. The fourth-order valence-electron chi connectivity index (χ4n) is 2.40. The lowest BCUT2D eigenvalue weighted by atomic mass is 9.91. The van der Waals surface area contributed by atoms with E-state index in [2.05, 4.69) is 5.32 Å². The molecule has 1 saturated carbocycles. The molecule has 0 heterocycles. The molecule has 0 unspecified atom stereocenters. The molecule has 102 valence electrons. The molecule has 0 aliphatic heterocycles. The Bertz CT molecular complexity index is 487. The molecule has 5 N–H and O–H groups in total. The zero-order chi connectivity index (χ0) is 13.8. The maximum absolute atomic E-state index is 12.1. The first kappa shape index (κ1) is 13.5. The molecule has 1 aliphatic carbocycles. The van der Waals surface area contributed by atoms with Crippen LogP contribution in [0, 0.1) is 0 Å². The smallest absolute Gasteiger partial charge is 0.251 e. The van der Waals surface area contributed by atoms with Gasteiger partial charge in [0.05, 0.1) is 0 Å². The van der Waals surface area contributed by atoms with Crippen LogP contribution in [-0.2, 0) is 0 Å². The van der Waals surface area contributed by atoms with Gasteiger partial charge in [0.1, 0.15) is 0 Å². The van der Waals surface area contributed by atoms with Crippen LogP contribution in [0.4, 0.5) is 0 Å². The van der Waals surface area contributed by atoms with Crippen LogP contribution in [0.25, 0.3) is 0 Å². The lowest BCUT2D eigenvalue weighted by Crippen LogP contribution is -2.49. The Hall–Kier alpha value is -1.88. The molecule has 0 saturated heterocycles. The second kappa shape index (κ2) is 5.84. The maximum Gasteiger partial charge on any atom is 0.251 e. The summed E-state index contributed by atoms with van der Waals surface area (Å²) in [4.78, 5) is 23.2. The van der Waals surface area contributed by atoms with Crippen molar-refractivity contribution in [1.82, 2.24) is 5.32 Å². The van der Waals surface area contributed by atoms with Gasteiger partial charge >= 0.3 is 0 Å². The van der Waals surface area contributed by atoms with Gasteiger partial charge in [0.2, 0.25) is 5.91 Å². The topological polar surface area (TPSA) is 98.2 Å². The van der Waals surface area contributed by atoms with Gasteiger partial charge in [-0.05, 0) is 31.0 Å². The molecular weight excluding hydrogens is 242 g/mol. The van der Waals surface area contributed by atoms with E-state index in [1.807, 2.05) is 0 Å². The van der Waals surface area contributed by atoms with Gasteiger partial charge in [-0.3, -0.25) is 9.59 Å². The number of carbonyl (C=O) groups is 2. The summed E-state index contributed by atoms with van der Waals surface area (Å²) in [6.45, 7) is 0. The van der Waals surface area contributed by atoms with E-state index >= 15 is 0 Å². The number of primary amides is 1. The molecule has 2 atom stereocenters. The summed E-state index contributed by atoms with van der Waals surface area (Å²) >= 11 is 0. The minimum atomic E-state index is -0.538. The number of carbonyl (C=O) groups excluding carboxylic acids is 2. The minimum absolute atomic E-state index is 0.0111. The van der Waals surface area contributed by atoms with Crippen molar-refractivity contribution in [3.8, 4) is 0 Å². The van der Waals surface area contributed by atoms with E-state index in [-0.39, 0.29) is 18.0 Å². The number of hydrogen-bond acceptors (Lipinski definition) is 3. The number of nitrogens with one attached hydrogen (secondary N) is 1. The first-order valence-corrected chi connectivity index (χ1v) is 6.54. The zero-order valence-electron chi connectivity index (χ0n) is 10.8. The van der Waals surface area contributed by atoms with E-state index in [1.54, 1.807) is 18.2 Å². The Morgan fingerprint density at radius 2 is 1.84 bits per heavy atom. The van der Waals surface area contributed by atoms with Crippen LogP contribution in [-0.4, -0.2) is 23.9 Å². The van der Waals surface area contributed by atoms with E-state index in [1.165, 1.54) is 6.07 Å². The molecule has 0 aromatic heterocycles. The van der Waals surface area contributed by atoms with E-state index in [4.69, 9.17) is 11.5 Å². The van der Waals surface area contributed by atoms with Crippen molar-refractivity contribution in [2.24, 2.45) is 11.5 Å². The van der Waals surface area contributed by atoms with Crippen molar-refractivity contribution in [3.63, 3.8) is 0 Å². The van der Waals surface area contributed by atoms with Crippen LogP contribution < -0.4 is 16.8 Å². The highest BCUT2D eigenvalue weighted by Crippen LogP contribution is 2.17. The highest BCUT2D eigenvalue weighted by Gasteiger charge is 2.23. The second-order valence-corrected chi connectivity index (χ2v) is 4.97.